The summed E-state index contributed by atoms with van der Waals surface area (Å²) in [7, 11) is 0. The van der Waals surface area contributed by atoms with E-state index in [1.54, 1.807) is 0 Å². The van der Waals surface area contributed by atoms with Crippen LogP contribution in [0.4, 0.5) is 0 Å². The largest absolute Gasteiger partial charge is 0.437 e. The minimum atomic E-state index is 0.169. The van der Waals surface area contributed by atoms with E-state index in [4.69, 9.17) is 39.5 Å². The van der Waals surface area contributed by atoms with Crippen molar-refractivity contribution in [3.05, 3.63) is 51.1 Å². The highest BCUT2D eigenvalue weighted by Gasteiger charge is 2.10. The van der Waals surface area contributed by atoms with Crippen LogP contribution in [0.2, 0.25) is 15.2 Å². The lowest BCUT2D eigenvalue weighted by Gasteiger charge is -2.11. The van der Waals surface area contributed by atoms with Crippen molar-refractivity contribution in [1.29, 1.82) is 0 Å². The van der Waals surface area contributed by atoms with Gasteiger partial charge in [-0.25, -0.2) is 0 Å². The second-order valence-corrected chi connectivity index (χ2v) is 5.70. The van der Waals surface area contributed by atoms with Crippen LogP contribution in [0.15, 0.2) is 30.3 Å². The van der Waals surface area contributed by atoms with Gasteiger partial charge in [-0.05, 0) is 36.1 Å². The number of hydrogen-bond donors (Lipinski definition) is 0. The first-order valence-corrected chi connectivity index (χ1v) is 7.44. The molecule has 0 N–H and O–H groups in total. The average molecular weight is 331 g/mol. The Labute approximate surface area is 133 Å². The van der Waals surface area contributed by atoms with Crippen LogP contribution >= 0.6 is 34.8 Å². The van der Waals surface area contributed by atoms with E-state index in [1.807, 2.05) is 24.3 Å². The fourth-order valence-corrected chi connectivity index (χ4v) is 2.24. The summed E-state index contributed by atoms with van der Waals surface area (Å²) in [6.07, 6.45) is 1.10. The first-order valence-electron chi connectivity index (χ1n) is 6.30. The number of rotatable bonds is 4. The molecule has 0 aliphatic carbocycles. The molecule has 0 aliphatic rings. The van der Waals surface area contributed by atoms with Gasteiger partial charge in [0.05, 0.1) is 5.02 Å². The van der Waals surface area contributed by atoms with Gasteiger partial charge in [-0.15, -0.1) is 0 Å². The van der Waals surface area contributed by atoms with Crippen LogP contribution in [0, 0.1) is 0 Å². The van der Waals surface area contributed by atoms with Gasteiger partial charge in [-0.3, -0.25) is 0 Å². The fraction of sp³-hybridized carbons (Fsp3) is 0.267. The molecule has 0 bridgehead atoms. The van der Waals surface area contributed by atoms with E-state index < -0.39 is 0 Å². The van der Waals surface area contributed by atoms with Crippen LogP contribution in [-0.2, 0) is 0 Å². The Morgan fingerprint density at radius 2 is 1.75 bits per heavy atom. The smallest absolute Gasteiger partial charge is 0.239 e. The van der Waals surface area contributed by atoms with Gasteiger partial charge in [0.15, 0.2) is 5.15 Å². The molecule has 0 fully saturated rings. The topological polar surface area (TPSA) is 22.1 Å². The number of hydrogen-bond acceptors (Lipinski definition) is 2. The SMILES string of the molecule is CCC(C)c1ccc(Oc2nc(Cl)c(Cl)cc2Cl)cc1. The summed E-state index contributed by atoms with van der Waals surface area (Å²) in [5, 5.41) is 0.795. The average Bonchev–Trinajstić information content (AvgIpc) is 2.44. The van der Waals surface area contributed by atoms with Gasteiger partial charge in [0.2, 0.25) is 5.88 Å². The second kappa shape index (κ2) is 6.66. The number of aromatic nitrogens is 1. The Morgan fingerprint density at radius 3 is 2.35 bits per heavy atom. The Bertz CT molecular complexity index is 599. The molecular weight excluding hydrogens is 317 g/mol. The summed E-state index contributed by atoms with van der Waals surface area (Å²) >= 11 is 17.7. The van der Waals surface area contributed by atoms with Crippen molar-refractivity contribution in [2.75, 3.05) is 0 Å². The molecule has 0 amide bonds. The zero-order chi connectivity index (χ0) is 14.7. The fourth-order valence-electron chi connectivity index (χ4n) is 1.71. The van der Waals surface area contributed by atoms with Gasteiger partial charge < -0.3 is 4.74 Å². The third kappa shape index (κ3) is 3.57. The molecule has 1 heterocycles. The van der Waals surface area contributed by atoms with Gasteiger partial charge in [-0.1, -0.05) is 60.8 Å². The molecule has 1 unspecified atom stereocenters. The van der Waals surface area contributed by atoms with E-state index in [1.165, 1.54) is 11.6 Å². The van der Waals surface area contributed by atoms with E-state index in [9.17, 15) is 0 Å². The monoisotopic (exact) mass is 329 g/mol. The molecule has 1 atom stereocenters. The maximum Gasteiger partial charge on any atom is 0.239 e. The van der Waals surface area contributed by atoms with Crippen molar-refractivity contribution in [3.8, 4) is 11.6 Å². The lowest BCUT2D eigenvalue weighted by atomic mass is 9.99. The quantitative estimate of drug-likeness (QED) is 0.609. The zero-order valence-corrected chi connectivity index (χ0v) is 13.4. The number of benzene rings is 1. The first kappa shape index (κ1) is 15.4. The van der Waals surface area contributed by atoms with Crippen molar-refractivity contribution in [2.24, 2.45) is 0 Å². The third-order valence-electron chi connectivity index (χ3n) is 3.13. The van der Waals surface area contributed by atoms with E-state index in [0.717, 1.165) is 6.42 Å². The minimum Gasteiger partial charge on any atom is -0.437 e. The number of nitrogens with zero attached hydrogens (tertiary/aromatic N) is 1. The molecule has 2 aromatic rings. The van der Waals surface area contributed by atoms with Gasteiger partial charge in [0.25, 0.3) is 0 Å². The van der Waals surface area contributed by atoms with Gasteiger partial charge in [-0.2, -0.15) is 4.98 Å². The predicted molar refractivity (Wildman–Crippen MR) is 84.5 cm³/mol. The second-order valence-electron chi connectivity index (χ2n) is 4.53. The first-order chi connectivity index (χ1) is 9.51. The summed E-state index contributed by atoms with van der Waals surface area (Å²) in [6, 6.07) is 9.37. The highest BCUT2D eigenvalue weighted by Crippen LogP contribution is 2.33. The van der Waals surface area contributed by atoms with Crippen LogP contribution in [0.3, 0.4) is 0 Å². The van der Waals surface area contributed by atoms with Crippen LogP contribution < -0.4 is 4.74 Å². The molecule has 0 spiro atoms. The molecule has 2 nitrogen and oxygen atoms in total. The van der Waals surface area contributed by atoms with E-state index in [2.05, 4.69) is 18.8 Å². The Morgan fingerprint density at radius 1 is 1.10 bits per heavy atom. The van der Waals surface area contributed by atoms with Crippen molar-refractivity contribution < 1.29 is 4.74 Å². The summed E-state index contributed by atoms with van der Waals surface area (Å²) in [4.78, 5) is 4.02. The molecule has 2 rings (SSSR count). The van der Waals surface area contributed by atoms with Crippen molar-refractivity contribution in [3.63, 3.8) is 0 Å². The van der Waals surface area contributed by atoms with Gasteiger partial charge in [0.1, 0.15) is 10.8 Å². The molecular formula is C15H14Cl3NO. The van der Waals surface area contributed by atoms with Gasteiger partial charge >= 0.3 is 0 Å². The Hall–Kier alpha value is -0.960. The molecule has 0 saturated heterocycles. The van der Waals surface area contributed by atoms with E-state index in [0.29, 0.717) is 21.7 Å². The number of ether oxygens (including phenoxy) is 1. The van der Waals surface area contributed by atoms with Crippen LogP contribution in [0.1, 0.15) is 31.7 Å². The standard InChI is InChI=1S/C15H14Cl3NO/c1-3-9(2)10-4-6-11(7-5-10)20-15-13(17)8-12(16)14(18)19-15/h4-9H,3H2,1-2H3. The molecule has 0 saturated carbocycles. The molecule has 5 heteroatoms. The van der Waals surface area contributed by atoms with Crippen LogP contribution in [-0.4, -0.2) is 4.98 Å². The van der Waals surface area contributed by atoms with Crippen molar-refractivity contribution in [1.82, 2.24) is 4.98 Å². The van der Waals surface area contributed by atoms with E-state index in [-0.39, 0.29) is 11.0 Å². The summed E-state index contributed by atoms with van der Waals surface area (Å²) in [5.41, 5.74) is 1.27. The number of pyridine rings is 1. The van der Waals surface area contributed by atoms with Crippen LogP contribution in [0.25, 0.3) is 0 Å². The zero-order valence-electron chi connectivity index (χ0n) is 11.2. The molecule has 1 aromatic carbocycles. The lowest BCUT2D eigenvalue weighted by Crippen LogP contribution is -1.93. The Kier molecular flexibility index (Phi) is 5.14. The van der Waals surface area contributed by atoms with Crippen molar-refractivity contribution in [2.45, 2.75) is 26.2 Å². The maximum absolute atomic E-state index is 6.02. The number of halogens is 3. The highest BCUT2D eigenvalue weighted by molar-refractivity contribution is 6.42. The normalized spacial score (nSPS) is 12.2. The highest BCUT2D eigenvalue weighted by atomic mass is 35.5. The van der Waals surface area contributed by atoms with E-state index >= 15 is 0 Å². The summed E-state index contributed by atoms with van der Waals surface area (Å²) < 4.78 is 5.63. The van der Waals surface area contributed by atoms with Gasteiger partial charge in [0, 0.05) is 0 Å². The maximum atomic E-state index is 6.02. The summed E-state index contributed by atoms with van der Waals surface area (Å²) in [5.74, 6) is 1.43. The van der Waals surface area contributed by atoms with Crippen LogP contribution in [0.5, 0.6) is 11.6 Å². The van der Waals surface area contributed by atoms with Crippen molar-refractivity contribution >= 4 is 34.8 Å². The molecule has 106 valence electrons. The molecule has 20 heavy (non-hydrogen) atoms. The lowest BCUT2D eigenvalue weighted by molar-refractivity contribution is 0.463. The third-order valence-corrected chi connectivity index (χ3v) is 4.07. The predicted octanol–water partition coefficient (Wildman–Crippen LogP) is 6.35. The summed E-state index contributed by atoms with van der Waals surface area (Å²) in [6.45, 7) is 4.35. The minimum absolute atomic E-state index is 0.169. The molecule has 0 aliphatic heterocycles. The molecule has 1 aromatic heterocycles. The molecule has 0 radical (unpaired) electrons. The Balaban J connectivity index is 2.20.